The lowest BCUT2D eigenvalue weighted by atomic mass is 10.0. The average Bonchev–Trinajstić information content (AvgIpc) is 2.58. The molecule has 0 aliphatic carbocycles. The number of para-hydroxylation sites is 1. The van der Waals surface area contributed by atoms with Crippen molar-refractivity contribution >= 4 is 0 Å². The quantitative estimate of drug-likeness (QED) is 0.768. The van der Waals surface area contributed by atoms with Gasteiger partial charge in [-0.05, 0) is 56.3 Å². The molecule has 130 valence electrons. The molecule has 0 saturated heterocycles. The maximum Gasteiger partial charge on any atom is 0.122 e. The van der Waals surface area contributed by atoms with Crippen LogP contribution in [0.2, 0.25) is 0 Å². The Morgan fingerprint density at radius 2 is 1.71 bits per heavy atom. The third-order valence-corrected chi connectivity index (χ3v) is 3.82. The number of aliphatic hydroxyl groups is 1. The van der Waals surface area contributed by atoms with Crippen molar-refractivity contribution in [2.45, 2.75) is 18.9 Å². The molecule has 2 aromatic rings. The molecule has 1 unspecified atom stereocenters. The van der Waals surface area contributed by atoms with Gasteiger partial charge in [0.05, 0.1) is 7.11 Å². The maximum absolute atomic E-state index is 9.95. The maximum atomic E-state index is 9.95. The number of benzene rings is 2. The molecule has 0 amide bonds. The molecule has 0 saturated carbocycles. The number of likely N-dealkylation sites (N-methyl/N-ethyl adjacent to an activating group) is 1. The van der Waals surface area contributed by atoms with Gasteiger partial charge in [-0.25, -0.2) is 0 Å². The molecule has 0 aliphatic rings. The molecule has 2 aromatic carbocycles. The number of rotatable bonds is 9. The highest BCUT2D eigenvalue weighted by Crippen LogP contribution is 2.21. The van der Waals surface area contributed by atoms with Gasteiger partial charge in [-0.1, -0.05) is 30.3 Å². The lowest BCUT2D eigenvalue weighted by Crippen LogP contribution is -2.30. The van der Waals surface area contributed by atoms with E-state index in [1.165, 1.54) is 5.56 Å². The summed E-state index contributed by atoms with van der Waals surface area (Å²) in [5.74, 6) is 1.72. The van der Waals surface area contributed by atoms with Crippen LogP contribution in [-0.2, 0) is 12.8 Å². The number of ether oxygens (including phenoxy) is 2. The fraction of sp³-hybridized carbons (Fsp3) is 0.400. The van der Waals surface area contributed by atoms with E-state index in [9.17, 15) is 5.11 Å². The van der Waals surface area contributed by atoms with E-state index in [0.29, 0.717) is 13.2 Å². The van der Waals surface area contributed by atoms with E-state index in [0.717, 1.165) is 29.9 Å². The Kier molecular flexibility index (Phi) is 7.09. The summed E-state index contributed by atoms with van der Waals surface area (Å²) in [5, 5.41) is 9.95. The van der Waals surface area contributed by atoms with Crippen molar-refractivity contribution in [3.05, 3.63) is 59.7 Å². The molecular weight excluding hydrogens is 302 g/mol. The van der Waals surface area contributed by atoms with Crippen molar-refractivity contribution in [2.75, 3.05) is 34.4 Å². The molecule has 0 radical (unpaired) electrons. The van der Waals surface area contributed by atoms with Gasteiger partial charge in [0.1, 0.15) is 24.2 Å². The topological polar surface area (TPSA) is 41.9 Å². The number of methoxy groups -OCH3 is 1. The van der Waals surface area contributed by atoms with Crippen LogP contribution in [-0.4, -0.2) is 50.5 Å². The molecule has 0 spiro atoms. The summed E-state index contributed by atoms with van der Waals surface area (Å²) in [6, 6.07) is 16.2. The van der Waals surface area contributed by atoms with Crippen molar-refractivity contribution < 1.29 is 14.6 Å². The second kappa shape index (κ2) is 9.30. The van der Waals surface area contributed by atoms with Crippen LogP contribution in [0.1, 0.15) is 11.1 Å². The molecule has 2 rings (SSSR count). The van der Waals surface area contributed by atoms with Gasteiger partial charge >= 0.3 is 0 Å². The normalized spacial score (nSPS) is 12.2. The molecule has 24 heavy (non-hydrogen) atoms. The molecule has 1 atom stereocenters. The summed E-state index contributed by atoms with van der Waals surface area (Å²) in [6.07, 6.45) is 1.34. The zero-order valence-corrected chi connectivity index (χ0v) is 14.7. The molecule has 4 nitrogen and oxygen atoms in total. The van der Waals surface area contributed by atoms with Crippen LogP contribution in [0.5, 0.6) is 11.5 Å². The van der Waals surface area contributed by atoms with Gasteiger partial charge < -0.3 is 19.5 Å². The lowest BCUT2D eigenvalue weighted by molar-refractivity contribution is 0.0827. The van der Waals surface area contributed by atoms with E-state index in [1.54, 1.807) is 7.11 Å². The summed E-state index contributed by atoms with van der Waals surface area (Å²) in [6.45, 7) is 0.895. The second-order valence-corrected chi connectivity index (χ2v) is 6.18. The summed E-state index contributed by atoms with van der Waals surface area (Å²) < 4.78 is 11.0. The predicted molar refractivity (Wildman–Crippen MR) is 96.9 cm³/mol. The second-order valence-electron chi connectivity index (χ2n) is 6.18. The van der Waals surface area contributed by atoms with Gasteiger partial charge in [0.25, 0.3) is 0 Å². The van der Waals surface area contributed by atoms with Crippen LogP contribution in [0.25, 0.3) is 0 Å². The summed E-state index contributed by atoms with van der Waals surface area (Å²) in [7, 11) is 5.55. The minimum Gasteiger partial charge on any atom is -0.497 e. The lowest BCUT2D eigenvalue weighted by Gasteiger charge is -2.18. The van der Waals surface area contributed by atoms with Crippen LogP contribution in [0, 0.1) is 0 Å². The minimum atomic E-state index is -0.491. The van der Waals surface area contributed by atoms with Crippen LogP contribution in [0.15, 0.2) is 48.5 Å². The fourth-order valence-electron chi connectivity index (χ4n) is 2.58. The van der Waals surface area contributed by atoms with Crippen molar-refractivity contribution in [3.8, 4) is 11.5 Å². The van der Waals surface area contributed by atoms with E-state index < -0.39 is 6.10 Å². The molecule has 0 bridgehead atoms. The Bertz CT molecular complexity index is 611. The summed E-state index contributed by atoms with van der Waals surface area (Å²) >= 11 is 0. The van der Waals surface area contributed by atoms with Crippen LogP contribution >= 0.6 is 0 Å². The van der Waals surface area contributed by atoms with E-state index in [4.69, 9.17) is 9.47 Å². The SMILES string of the molecule is COc1ccc(CCc2ccccc2OCC(O)CN(C)C)cc1. The molecule has 0 fully saturated rings. The highest BCUT2D eigenvalue weighted by molar-refractivity contribution is 5.35. The fourth-order valence-corrected chi connectivity index (χ4v) is 2.58. The summed E-state index contributed by atoms with van der Waals surface area (Å²) in [5.41, 5.74) is 2.42. The van der Waals surface area contributed by atoms with Crippen LogP contribution in [0.4, 0.5) is 0 Å². The highest BCUT2D eigenvalue weighted by Gasteiger charge is 2.09. The summed E-state index contributed by atoms with van der Waals surface area (Å²) in [4.78, 5) is 1.95. The van der Waals surface area contributed by atoms with Gasteiger partial charge in [0.2, 0.25) is 0 Å². The molecule has 0 heterocycles. The van der Waals surface area contributed by atoms with Crippen LogP contribution < -0.4 is 9.47 Å². The monoisotopic (exact) mass is 329 g/mol. The van der Waals surface area contributed by atoms with Gasteiger partial charge in [-0.2, -0.15) is 0 Å². The average molecular weight is 329 g/mol. The Morgan fingerprint density at radius 3 is 2.38 bits per heavy atom. The Labute approximate surface area is 144 Å². The minimum absolute atomic E-state index is 0.303. The van der Waals surface area contributed by atoms with Crippen molar-refractivity contribution in [1.82, 2.24) is 4.90 Å². The molecule has 0 aromatic heterocycles. The Morgan fingerprint density at radius 1 is 1.00 bits per heavy atom. The molecule has 0 aliphatic heterocycles. The number of hydrogen-bond donors (Lipinski definition) is 1. The van der Waals surface area contributed by atoms with Gasteiger partial charge in [0.15, 0.2) is 0 Å². The standard InChI is InChI=1S/C20H27NO3/c1-21(2)14-18(22)15-24-20-7-5-4-6-17(20)11-8-16-9-12-19(23-3)13-10-16/h4-7,9-10,12-13,18,22H,8,11,14-15H2,1-3H3. The number of aliphatic hydroxyl groups excluding tert-OH is 1. The van der Waals surface area contributed by atoms with Crippen LogP contribution in [0.3, 0.4) is 0 Å². The first-order valence-electron chi connectivity index (χ1n) is 8.25. The largest absolute Gasteiger partial charge is 0.497 e. The third kappa shape index (κ3) is 5.87. The Balaban J connectivity index is 1.92. The van der Waals surface area contributed by atoms with E-state index >= 15 is 0 Å². The van der Waals surface area contributed by atoms with E-state index in [2.05, 4.69) is 18.2 Å². The Hall–Kier alpha value is -2.04. The van der Waals surface area contributed by atoms with Crippen molar-refractivity contribution in [1.29, 1.82) is 0 Å². The zero-order chi connectivity index (χ0) is 17.4. The van der Waals surface area contributed by atoms with Gasteiger partial charge in [-0.3, -0.25) is 0 Å². The van der Waals surface area contributed by atoms with Crippen molar-refractivity contribution in [3.63, 3.8) is 0 Å². The molecular formula is C20H27NO3. The van der Waals surface area contributed by atoms with Crippen molar-refractivity contribution in [2.24, 2.45) is 0 Å². The number of hydrogen-bond acceptors (Lipinski definition) is 4. The first-order chi connectivity index (χ1) is 11.6. The smallest absolute Gasteiger partial charge is 0.122 e. The first-order valence-corrected chi connectivity index (χ1v) is 8.25. The predicted octanol–water partition coefficient (Wildman–Crippen LogP) is 2.78. The number of nitrogens with zero attached hydrogens (tertiary/aromatic N) is 1. The molecule has 1 N–H and O–H groups in total. The van der Waals surface area contributed by atoms with E-state index in [1.807, 2.05) is 49.3 Å². The first kappa shape index (κ1) is 18.3. The number of aryl methyl sites for hydroxylation is 2. The highest BCUT2D eigenvalue weighted by atomic mass is 16.5. The molecule has 4 heteroatoms. The third-order valence-electron chi connectivity index (χ3n) is 3.82. The van der Waals surface area contributed by atoms with E-state index in [-0.39, 0.29) is 0 Å². The van der Waals surface area contributed by atoms with Gasteiger partial charge in [0, 0.05) is 6.54 Å². The zero-order valence-electron chi connectivity index (χ0n) is 14.7. The van der Waals surface area contributed by atoms with Gasteiger partial charge in [-0.15, -0.1) is 0 Å².